The van der Waals surface area contributed by atoms with E-state index in [0.717, 1.165) is 11.1 Å². The number of hydrogen-bond donors (Lipinski definition) is 2. The number of carbonyl (C=O) groups is 3. The summed E-state index contributed by atoms with van der Waals surface area (Å²) in [6.07, 6.45) is 3.38. The van der Waals surface area contributed by atoms with Gasteiger partial charge in [0.2, 0.25) is 5.91 Å². The van der Waals surface area contributed by atoms with Crippen molar-refractivity contribution in [3.05, 3.63) is 71.8 Å². The molecular formula is C28H32N2O5. The lowest BCUT2D eigenvalue weighted by Crippen LogP contribution is -2.49. The number of nitrogens with zero attached hydrogens (tertiary/aromatic N) is 1. The quantitative estimate of drug-likeness (QED) is 0.571. The fraction of sp³-hybridized carbons (Fsp3) is 0.393. The molecule has 2 aromatic rings. The van der Waals surface area contributed by atoms with Gasteiger partial charge in [0.15, 0.2) is 0 Å². The molecule has 2 aliphatic carbocycles. The largest absolute Gasteiger partial charge is 0.481 e. The van der Waals surface area contributed by atoms with Crippen molar-refractivity contribution in [1.82, 2.24) is 10.2 Å². The summed E-state index contributed by atoms with van der Waals surface area (Å²) in [4.78, 5) is 38.3. The van der Waals surface area contributed by atoms with Gasteiger partial charge in [0.25, 0.3) is 0 Å². The summed E-state index contributed by atoms with van der Waals surface area (Å²) in [6, 6.07) is 16.0. The fourth-order valence-corrected chi connectivity index (χ4v) is 4.96. The number of benzene rings is 2. The SMILES string of the molecule is CC(C)(C)N(CCC(=O)O)C(=O)C1C=CC(NC(=O)OCC2c3ccccc3-c3ccccc32)C1. The number of amides is 2. The van der Waals surface area contributed by atoms with Crippen molar-refractivity contribution in [3.8, 4) is 11.1 Å². The van der Waals surface area contributed by atoms with Gasteiger partial charge in [-0.1, -0.05) is 60.7 Å². The van der Waals surface area contributed by atoms with E-state index in [1.54, 1.807) is 11.0 Å². The molecule has 35 heavy (non-hydrogen) atoms. The van der Waals surface area contributed by atoms with Gasteiger partial charge in [-0.25, -0.2) is 4.79 Å². The van der Waals surface area contributed by atoms with Crippen LogP contribution in [-0.2, 0) is 14.3 Å². The molecular weight excluding hydrogens is 444 g/mol. The Labute approximate surface area is 205 Å². The van der Waals surface area contributed by atoms with Crippen LogP contribution in [0.2, 0.25) is 0 Å². The maximum Gasteiger partial charge on any atom is 0.407 e. The Hall–Kier alpha value is -3.61. The van der Waals surface area contributed by atoms with Gasteiger partial charge in [0, 0.05) is 18.0 Å². The molecule has 0 aliphatic heterocycles. The highest BCUT2D eigenvalue weighted by molar-refractivity contribution is 5.83. The van der Waals surface area contributed by atoms with Crippen molar-refractivity contribution in [2.75, 3.05) is 13.2 Å². The molecule has 2 aliphatic rings. The highest BCUT2D eigenvalue weighted by atomic mass is 16.5. The van der Waals surface area contributed by atoms with Gasteiger partial charge in [-0.3, -0.25) is 9.59 Å². The molecule has 0 saturated heterocycles. The maximum atomic E-state index is 13.1. The predicted molar refractivity (Wildman–Crippen MR) is 133 cm³/mol. The van der Waals surface area contributed by atoms with E-state index in [1.807, 2.05) is 51.1 Å². The number of alkyl carbamates (subject to hydrolysis) is 1. The predicted octanol–water partition coefficient (Wildman–Crippen LogP) is 4.57. The maximum absolute atomic E-state index is 13.1. The molecule has 0 heterocycles. The number of nitrogens with one attached hydrogen (secondary N) is 1. The fourth-order valence-electron chi connectivity index (χ4n) is 4.96. The molecule has 4 rings (SSSR count). The molecule has 7 heteroatoms. The van der Waals surface area contributed by atoms with E-state index in [4.69, 9.17) is 9.84 Å². The lowest BCUT2D eigenvalue weighted by molar-refractivity contribution is -0.142. The molecule has 2 amide bonds. The van der Waals surface area contributed by atoms with Crippen molar-refractivity contribution in [2.24, 2.45) is 5.92 Å². The van der Waals surface area contributed by atoms with Gasteiger partial charge in [0.1, 0.15) is 6.61 Å². The Morgan fingerprint density at radius 3 is 2.17 bits per heavy atom. The molecule has 0 aromatic heterocycles. The standard InChI is InChI=1S/C28H32N2O5/c1-28(2,3)30(15-14-25(31)32)26(33)18-12-13-19(16-18)29-27(34)35-17-24-22-10-6-4-8-20(22)21-9-5-7-11-23(21)24/h4-13,18-19,24H,14-17H2,1-3H3,(H,29,34)(H,31,32). The van der Waals surface area contributed by atoms with Crippen LogP contribution >= 0.6 is 0 Å². The summed E-state index contributed by atoms with van der Waals surface area (Å²) in [7, 11) is 0. The number of rotatable bonds is 7. The number of carboxylic acid groups (broad SMARTS) is 1. The van der Waals surface area contributed by atoms with E-state index < -0.39 is 23.5 Å². The molecule has 0 fully saturated rings. The number of carboxylic acids is 1. The summed E-state index contributed by atoms with van der Waals surface area (Å²) in [6.45, 7) is 6.03. The Morgan fingerprint density at radius 1 is 1.00 bits per heavy atom. The van der Waals surface area contributed by atoms with Gasteiger partial charge in [-0.05, 0) is 49.4 Å². The summed E-state index contributed by atoms with van der Waals surface area (Å²) < 4.78 is 5.62. The average molecular weight is 477 g/mol. The van der Waals surface area contributed by atoms with Gasteiger partial charge < -0.3 is 20.1 Å². The molecule has 0 bridgehead atoms. The number of carbonyl (C=O) groups excluding carboxylic acids is 2. The average Bonchev–Trinajstić information content (AvgIpc) is 3.39. The topological polar surface area (TPSA) is 95.9 Å². The number of ether oxygens (including phenoxy) is 1. The Bertz CT molecular complexity index is 1100. The van der Waals surface area contributed by atoms with Crippen LogP contribution in [0.15, 0.2) is 60.7 Å². The second-order valence-corrected chi connectivity index (χ2v) is 10.1. The summed E-state index contributed by atoms with van der Waals surface area (Å²) in [5.41, 5.74) is 4.14. The zero-order valence-electron chi connectivity index (χ0n) is 20.4. The Kier molecular flexibility index (Phi) is 6.96. The van der Waals surface area contributed by atoms with Crippen LogP contribution in [-0.4, -0.2) is 52.7 Å². The first-order chi connectivity index (χ1) is 16.6. The van der Waals surface area contributed by atoms with Crippen molar-refractivity contribution >= 4 is 18.0 Å². The van der Waals surface area contributed by atoms with E-state index >= 15 is 0 Å². The minimum Gasteiger partial charge on any atom is -0.481 e. The van der Waals surface area contributed by atoms with Crippen LogP contribution in [0.1, 0.15) is 50.7 Å². The van der Waals surface area contributed by atoms with Crippen molar-refractivity contribution < 1.29 is 24.2 Å². The third-order valence-electron chi connectivity index (χ3n) is 6.67. The second kappa shape index (κ2) is 9.94. The van der Waals surface area contributed by atoms with E-state index in [9.17, 15) is 14.4 Å². The lowest BCUT2D eigenvalue weighted by Gasteiger charge is -2.37. The van der Waals surface area contributed by atoms with E-state index in [0.29, 0.717) is 6.42 Å². The minimum absolute atomic E-state index is 0.0174. The van der Waals surface area contributed by atoms with Gasteiger partial charge in [-0.2, -0.15) is 0 Å². The first kappa shape index (κ1) is 24.5. The van der Waals surface area contributed by atoms with Gasteiger partial charge in [-0.15, -0.1) is 0 Å². The van der Waals surface area contributed by atoms with Crippen LogP contribution in [0.5, 0.6) is 0 Å². The van der Waals surface area contributed by atoms with E-state index in [2.05, 4.69) is 29.6 Å². The molecule has 2 aromatic carbocycles. The summed E-state index contributed by atoms with van der Waals surface area (Å²) in [5, 5.41) is 11.9. The van der Waals surface area contributed by atoms with Gasteiger partial charge >= 0.3 is 12.1 Å². The molecule has 0 saturated carbocycles. The van der Waals surface area contributed by atoms with Crippen molar-refractivity contribution in [2.45, 2.75) is 51.1 Å². The normalized spacial score (nSPS) is 18.6. The highest BCUT2D eigenvalue weighted by Crippen LogP contribution is 2.44. The van der Waals surface area contributed by atoms with Crippen molar-refractivity contribution in [3.63, 3.8) is 0 Å². The monoisotopic (exact) mass is 476 g/mol. The zero-order valence-corrected chi connectivity index (χ0v) is 20.4. The third-order valence-corrected chi connectivity index (χ3v) is 6.67. The van der Waals surface area contributed by atoms with Crippen LogP contribution in [0.3, 0.4) is 0 Å². The van der Waals surface area contributed by atoms with Crippen LogP contribution in [0.4, 0.5) is 4.79 Å². The Balaban J connectivity index is 1.33. The molecule has 2 atom stereocenters. The van der Waals surface area contributed by atoms with E-state index in [-0.39, 0.29) is 37.4 Å². The lowest BCUT2D eigenvalue weighted by atomic mass is 9.98. The van der Waals surface area contributed by atoms with Crippen LogP contribution < -0.4 is 5.32 Å². The number of fused-ring (bicyclic) bond motifs is 3. The molecule has 0 radical (unpaired) electrons. The zero-order chi connectivity index (χ0) is 25.2. The minimum atomic E-state index is -0.941. The molecule has 7 nitrogen and oxygen atoms in total. The number of aliphatic carboxylic acids is 1. The molecule has 2 N–H and O–H groups in total. The molecule has 184 valence electrons. The van der Waals surface area contributed by atoms with E-state index in [1.165, 1.54) is 11.1 Å². The second-order valence-electron chi connectivity index (χ2n) is 10.1. The van der Waals surface area contributed by atoms with Crippen LogP contribution in [0.25, 0.3) is 11.1 Å². The first-order valence-corrected chi connectivity index (χ1v) is 12.0. The first-order valence-electron chi connectivity index (χ1n) is 12.0. The third kappa shape index (κ3) is 5.39. The molecule has 0 spiro atoms. The Morgan fingerprint density at radius 2 is 1.60 bits per heavy atom. The highest BCUT2D eigenvalue weighted by Gasteiger charge is 2.35. The summed E-state index contributed by atoms with van der Waals surface area (Å²) >= 11 is 0. The summed E-state index contributed by atoms with van der Waals surface area (Å²) in [5.74, 6) is -1.51. The van der Waals surface area contributed by atoms with Crippen molar-refractivity contribution in [1.29, 1.82) is 0 Å². The smallest absolute Gasteiger partial charge is 0.407 e. The van der Waals surface area contributed by atoms with Gasteiger partial charge in [0.05, 0.1) is 18.4 Å². The van der Waals surface area contributed by atoms with Crippen LogP contribution in [0, 0.1) is 5.92 Å². The number of hydrogen-bond acceptors (Lipinski definition) is 4. The molecule has 2 unspecified atom stereocenters.